The lowest BCUT2D eigenvalue weighted by Gasteiger charge is -2.29. The molecular formula is C14H21NO2. The Balaban J connectivity index is 3.03. The summed E-state index contributed by atoms with van der Waals surface area (Å²) in [5, 5.41) is 12.4. The highest BCUT2D eigenvalue weighted by atomic mass is 16.4. The summed E-state index contributed by atoms with van der Waals surface area (Å²) in [6.07, 6.45) is 0. The first-order chi connectivity index (χ1) is 7.71. The fourth-order valence-electron chi connectivity index (χ4n) is 1.41. The fraction of sp³-hybridized carbons (Fsp3) is 0.500. The smallest absolute Gasteiger partial charge is 0.337 e. The number of carbonyl (C=O) groups is 1. The first-order valence-electron chi connectivity index (χ1n) is 5.82. The van der Waals surface area contributed by atoms with E-state index in [-0.39, 0.29) is 11.5 Å². The highest BCUT2D eigenvalue weighted by molar-refractivity contribution is 5.94. The summed E-state index contributed by atoms with van der Waals surface area (Å²) in [7, 11) is 0. The lowest BCUT2D eigenvalue weighted by molar-refractivity contribution is 0.0697. The van der Waals surface area contributed by atoms with Gasteiger partial charge in [0.1, 0.15) is 0 Å². The minimum Gasteiger partial charge on any atom is -0.478 e. The summed E-state index contributed by atoms with van der Waals surface area (Å²) >= 11 is 0. The lowest BCUT2D eigenvalue weighted by atomic mass is 9.87. The second kappa shape index (κ2) is 4.78. The topological polar surface area (TPSA) is 49.3 Å². The molecule has 0 saturated carbocycles. The molecule has 0 radical (unpaired) electrons. The van der Waals surface area contributed by atoms with Gasteiger partial charge in [-0.05, 0) is 31.4 Å². The number of carboxylic acid groups (broad SMARTS) is 1. The maximum absolute atomic E-state index is 11.2. The predicted molar refractivity (Wildman–Crippen MR) is 70.7 cm³/mol. The van der Waals surface area contributed by atoms with Crippen molar-refractivity contribution in [1.29, 1.82) is 0 Å². The van der Waals surface area contributed by atoms with Crippen molar-refractivity contribution < 1.29 is 9.90 Å². The van der Waals surface area contributed by atoms with Crippen LogP contribution >= 0.6 is 0 Å². The number of aryl methyl sites for hydroxylation is 1. The second-order valence-electron chi connectivity index (χ2n) is 5.59. The molecule has 3 nitrogen and oxygen atoms in total. The van der Waals surface area contributed by atoms with E-state index in [0.29, 0.717) is 11.3 Å². The third-order valence-electron chi connectivity index (χ3n) is 3.08. The Kier molecular flexibility index (Phi) is 3.81. The minimum atomic E-state index is -0.891. The van der Waals surface area contributed by atoms with E-state index in [1.165, 1.54) is 0 Å². The van der Waals surface area contributed by atoms with Crippen LogP contribution < -0.4 is 5.32 Å². The van der Waals surface area contributed by atoms with Gasteiger partial charge in [-0.15, -0.1) is 0 Å². The molecule has 94 valence electrons. The number of carboxylic acids is 1. The molecule has 0 bridgehead atoms. The molecule has 17 heavy (non-hydrogen) atoms. The van der Waals surface area contributed by atoms with Crippen LogP contribution in [0.25, 0.3) is 0 Å². The molecule has 1 unspecified atom stereocenters. The van der Waals surface area contributed by atoms with E-state index in [2.05, 4.69) is 33.0 Å². The Morgan fingerprint density at radius 2 is 1.94 bits per heavy atom. The molecular weight excluding hydrogens is 214 g/mol. The number of aromatic carboxylic acids is 1. The summed E-state index contributed by atoms with van der Waals surface area (Å²) in [4.78, 5) is 11.2. The van der Waals surface area contributed by atoms with Gasteiger partial charge in [-0.2, -0.15) is 0 Å². The highest BCUT2D eigenvalue weighted by Gasteiger charge is 2.21. The summed E-state index contributed by atoms with van der Waals surface area (Å²) in [6, 6.07) is 5.65. The molecule has 3 heteroatoms. The van der Waals surface area contributed by atoms with E-state index in [9.17, 15) is 4.79 Å². The van der Waals surface area contributed by atoms with E-state index in [1.807, 2.05) is 19.1 Å². The van der Waals surface area contributed by atoms with Gasteiger partial charge in [-0.3, -0.25) is 0 Å². The van der Waals surface area contributed by atoms with Gasteiger partial charge in [-0.25, -0.2) is 4.79 Å². The van der Waals surface area contributed by atoms with E-state index >= 15 is 0 Å². The maximum atomic E-state index is 11.2. The van der Waals surface area contributed by atoms with Crippen LogP contribution in [-0.4, -0.2) is 17.1 Å². The normalized spacial score (nSPS) is 13.2. The maximum Gasteiger partial charge on any atom is 0.337 e. The third kappa shape index (κ3) is 3.48. The zero-order valence-electron chi connectivity index (χ0n) is 11.2. The summed E-state index contributed by atoms with van der Waals surface area (Å²) in [5.41, 5.74) is 2.06. The highest BCUT2D eigenvalue weighted by Crippen LogP contribution is 2.25. The second-order valence-corrected chi connectivity index (χ2v) is 5.59. The Morgan fingerprint density at radius 1 is 1.35 bits per heavy atom. The van der Waals surface area contributed by atoms with Crippen LogP contribution in [0.3, 0.4) is 0 Å². The molecule has 1 aromatic carbocycles. The van der Waals surface area contributed by atoms with Gasteiger partial charge >= 0.3 is 5.97 Å². The molecule has 0 saturated heterocycles. The number of hydrogen-bond donors (Lipinski definition) is 2. The van der Waals surface area contributed by atoms with Gasteiger partial charge in [0.15, 0.2) is 0 Å². The summed E-state index contributed by atoms with van der Waals surface area (Å²) in [6.45, 7) is 10.3. The Labute approximate surface area is 103 Å². The minimum absolute atomic E-state index is 0.0840. The molecule has 0 aromatic heterocycles. The summed E-state index contributed by atoms with van der Waals surface area (Å²) in [5.74, 6) is -0.891. The first-order valence-corrected chi connectivity index (χ1v) is 5.82. The Hall–Kier alpha value is -1.51. The van der Waals surface area contributed by atoms with Crippen molar-refractivity contribution in [3.05, 3.63) is 29.3 Å². The number of anilines is 1. The summed E-state index contributed by atoms with van der Waals surface area (Å²) < 4.78 is 0. The van der Waals surface area contributed by atoms with E-state index in [0.717, 1.165) is 5.56 Å². The standard InChI is InChI=1S/C14H21NO2/c1-9-6-7-12(11(8-9)13(16)17)15-10(2)14(3,4)5/h6-8,10,15H,1-5H3,(H,16,17). The van der Waals surface area contributed by atoms with Crippen molar-refractivity contribution >= 4 is 11.7 Å². The number of benzene rings is 1. The molecule has 0 heterocycles. The average molecular weight is 235 g/mol. The molecule has 0 amide bonds. The van der Waals surface area contributed by atoms with Crippen LogP contribution in [0, 0.1) is 12.3 Å². The first kappa shape index (κ1) is 13.6. The van der Waals surface area contributed by atoms with Crippen molar-refractivity contribution in [2.75, 3.05) is 5.32 Å². The van der Waals surface area contributed by atoms with Crippen LogP contribution in [0.2, 0.25) is 0 Å². The van der Waals surface area contributed by atoms with Crippen molar-refractivity contribution in [2.45, 2.75) is 40.7 Å². The Morgan fingerprint density at radius 3 is 2.41 bits per heavy atom. The molecule has 1 atom stereocenters. The van der Waals surface area contributed by atoms with Gasteiger partial charge in [0.2, 0.25) is 0 Å². The van der Waals surface area contributed by atoms with Crippen LogP contribution in [0.4, 0.5) is 5.69 Å². The van der Waals surface area contributed by atoms with Crippen molar-refractivity contribution in [1.82, 2.24) is 0 Å². The SMILES string of the molecule is Cc1ccc(NC(C)C(C)(C)C)c(C(=O)O)c1. The molecule has 0 spiro atoms. The molecule has 0 aliphatic carbocycles. The van der Waals surface area contributed by atoms with E-state index in [1.54, 1.807) is 6.07 Å². The fourth-order valence-corrected chi connectivity index (χ4v) is 1.41. The number of nitrogens with one attached hydrogen (secondary N) is 1. The molecule has 2 N–H and O–H groups in total. The predicted octanol–water partition coefficient (Wildman–Crippen LogP) is 3.54. The van der Waals surface area contributed by atoms with Crippen molar-refractivity contribution in [2.24, 2.45) is 5.41 Å². The largest absolute Gasteiger partial charge is 0.478 e. The molecule has 1 rings (SSSR count). The van der Waals surface area contributed by atoms with E-state index in [4.69, 9.17) is 5.11 Å². The van der Waals surface area contributed by atoms with Crippen LogP contribution in [-0.2, 0) is 0 Å². The van der Waals surface area contributed by atoms with Crippen LogP contribution in [0.15, 0.2) is 18.2 Å². The lowest BCUT2D eigenvalue weighted by Crippen LogP contribution is -2.31. The zero-order chi connectivity index (χ0) is 13.2. The number of rotatable bonds is 3. The van der Waals surface area contributed by atoms with E-state index < -0.39 is 5.97 Å². The third-order valence-corrected chi connectivity index (χ3v) is 3.08. The van der Waals surface area contributed by atoms with Crippen LogP contribution in [0.1, 0.15) is 43.6 Å². The van der Waals surface area contributed by atoms with Crippen LogP contribution in [0.5, 0.6) is 0 Å². The molecule has 1 aromatic rings. The van der Waals surface area contributed by atoms with Gasteiger partial charge < -0.3 is 10.4 Å². The zero-order valence-corrected chi connectivity index (χ0v) is 11.2. The van der Waals surface area contributed by atoms with Crippen molar-refractivity contribution in [3.63, 3.8) is 0 Å². The monoisotopic (exact) mass is 235 g/mol. The molecule has 0 aliphatic rings. The van der Waals surface area contributed by atoms with Gasteiger partial charge in [0.25, 0.3) is 0 Å². The van der Waals surface area contributed by atoms with Gasteiger partial charge in [-0.1, -0.05) is 32.4 Å². The van der Waals surface area contributed by atoms with Crippen molar-refractivity contribution in [3.8, 4) is 0 Å². The Bertz CT molecular complexity index is 419. The number of hydrogen-bond acceptors (Lipinski definition) is 2. The quantitative estimate of drug-likeness (QED) is 0.842. The average Bonchev–Trinajstić information content (AvgIpc) is 2.18. The van der Waals surface area contributed by atoms with Gasteiger partial charge in [0.05, 0.1) is 5.56 Å². The van der Waals surface area contributed by atoms with Gasteiger partial charge in [0, 0.05) is 11.7 Å². The molecule has 0 fully saturated rings. The molecule has 0 aliphatic heterocycles.